The van der Waals surface area contributed by atoms with Crippen LogP contribution in [-0.2, 0) is 30.4 Å². The zero-order chi connectivity index (χ0) is 25.3. The quantitative estimate of drug-likeness (QED) is 0.285. The number of halogens is 4. The Morgan fingerprint density at radius 1 is 0.943 bits per heavy atom. The molecule has 0 radical (unpaired) electrons. The first-order chi connectivity index (χ1) is 16.7. The van der Waals surface area contributed by atoms with E-state index in [0.717, 1.165) is 18.1 Å². The molecule has 0 amide bonds. The molecule has 0 heterocycles. The number of hydrogen-bond acceptors (Lipinski definition) is 3. The molecule has 3 rings (SSSR count). The second kappa shape index (κ2) is 12.6. The minimum atomic E-state index is -4.51. The molecule has 0 saturated heterocycles. The lowest BCUT2D eigenvalue weighted by Gasteiger charge is -2.24. The highest BCUT2D eigenvalue weighted by Gasteiger charge is 2.33. The van der Waals surface area contributed by atoms with Gasteiger partial charge in [0.05, 0.1) is 23.6 Å². The molecule has 0 fully saturated rings. The maximum Gasteiger partial charge on any atom is 0.417 e. The van der Waals surface area contributed by atoms with Gasteiger partial charge in [0.25, 0.3) is 0 Å². The van der Waals surface area contributed by atoms with Crippen molar-refractivity contribution in [2.45, 2.75) is 32.0 Å². The second-order valence-corrected chi connectivity index (χ2v) is 8.59. The zero-order valence-corrected chi connectivity index (χ0v) is 19.9. The van der Waals surface area contributed by atoms with Crippen LogP contribution in [0.1, 0.15) is 28.7 Å². The van der Waals surface area contributed by atoms with E-state index < -0.39 is 17.7 Å². The standard InChI is InChI=1S/C27H27ClF3NO3/c28-26-22(10-5-12-24(26)27(29,30)31)19-32(15-13-20-7-2-1-3-8-20)14-6-16-35-23-11-4-9-21(17-23)18-25(33)34/h1-5,7-12,17H,6,13-16,18-19H2,(H,33,34). The topological polar surface area (TPSA) is 49.8 Å². The van der Waals surface area contributed by atoms with Crippen LogP contribution in [0.25, 0.3) is 0 Å². The van der Waals surface area contributed by atoms with E-state index in [1.54, 1.807) is 30.3 Å². The fourth-order valence-electron chi connectivity index (χ4n) is 3.76. The molecule has 0 unspecified atom stereocenters. The number of nitrogens with zero attached hydrogens (tertiary/aromatic N) is 1. The van der Waals surface area contributed by atoms with Crippen molar-refractivity contribution in [2.75, 3.05) is 19.7 Å². The Morgan fingerprint density at radius 3 is 2.37 bits per heavy atom. The van der Waals surface area contributed by atoms with Crippen LogP contribution in [0.5, 0.6) is 5.75 Å². The molecule has 0 spiro atoms. The fraction of sp³-hybridized carbons (Fsp3) is 0.296. The van der Waals surface area contributed by atoms with E-state index >= 15 is 0 Å². The zero-order valence-electron chi connectivity index (χ0n) is 19.1. The minimum absolute atomic E-state index is 0.0811. The van der Waals surface area contributed by atoms with E-state index in [0.29, 0.717) is 43.0 Å². The van der Waals surface area contributed by atoms with Crippen LogP contribution >= 0.6 is 11.6 Å². The van der Waals surface area contributed by atoms with Gasteiger partial charge in [0.2, 0.25) is 0 Å². The summed E-state index contributed by atoms with van der Waals surface area (Å²) in [5, 5.41) is 8.68. The van der Waals surface area contributed by atoms with Gasteiger partial charge in [-0.2, -0.15) is 13.2 Å². The van der Waals surface area contributed by atoms with E-state index in [1.807, 2.05) is 30.3 Å². The lowest BCUT2D eigenvalue weighted by Crippen LogP contribution is -2.28. The Balaban J connectivity index is 1.63. The molecule has 0 aliphatic rings. The molecule has 0 atom stereocenters. The Bertz CT molecular complexity index is 1110. The monoisotopic (exact) mass is 505 g/mol. The first kappa shape index (κ1) is 26.6. The molecule has 4 nitrogen and oxygen atoms in total. The molecule has 0 saturated carbocycles. The van der Waals surface area contributed by atoms with Crippen LogP contribution in [0.4, 0.5) is 13.2 Å². The van der Waals surface area contributed by atoms with Crippen LogP contribution in [0.15, 0.2) is 72.8 Å². The summed E-state index contributed by atoms with van der Waals surface area (Å²) in [7, 11) is 0. The molecule has 35 heavy (non-hydrogen) atoms. The van der Waals surface area contributed by atoms with E-state index in [-0.39, 0.29) is 18.0 Å². The number of rotatable bonds is 12. The number of carboxylic acid groups (broad SMARTS) is 1. The highest BCUT2D eigenvalue weighted by Crippen LogP contribution is 2.36. The van der Waals surface area contributed by atoms with Gasteiger partial charge in [0.1, 0.15) is 5.75 Å². The molecular formula is C27H27ClF3NO3. The molecule has 186 valence electrons. The second-order valence-electron chi connectivity index (χ2n) is 8.21. The lowest BCUT2D eigenvalue weighted by atomic mass is 10.1. The van der Waals surface area contributed by atoms with Crippen molar-refractivity contribution in [2.24, 2.45) is 0 Å². The van der Waals surface area contributed by atoms with Crippen molar-refractivity contribution in [3.63, 3.8) is 0 Å². The maximum atomic E-state index is 13.3. The number of alkyl halides is 3. The molecule has 0 bridgehead atoms. The normalized spacial score (nSPS) is 11.6. The first-order valence-electron chi connectivity index (χ1n) is 11.3. The molecule has 3 aromatic carbocycles. The van der Waals surface area contributed by atoms with Crippen molar-refractivity contribution < 1.29 is 27.8 Å². The molecule has 1 N–H and O–H groups in total. The van der Waals surface area contributed by atoms with Gasteiger partial charge >= 0.3 is 12.1 Å². The predicted octanol–water partition coefficient (Wildman–Crippen LogP) is 6.50. The summed E-state index contributed by atoms with van der Waals surface area (Å²) in [6.07, 6.45) is -3.21. The summed E-state index contributed by atoms with van der Waals surface area (Å²) in [5.74, 6) is -0.329. The molecular weight excluding hydrogens is 479 g/mol. The number of carboxylic acids is 1. The van der Waals surface area contributed by atoms with Gasteiger partial charge in [-0.25, -0.2) is 0 Å². The average molecular weight is 506 g/mol. The lowest BCUT2D eigenvalue weighted by molar-refractivity contribution is -0.138. The molecule has 3 aromatic rings. The molecule has 0 aromatic heterocycles. The third kappa shape index (κ3) is 8.60. The van der Waals surface area contributed by atoms with Gasteiger partial charge in [0, 0.05) is 19.6 Å². The van der Waals surface area contributed by atoms with Crippen molar-refractivity contribution in [3.8, 4) is 5.75 Å². The van der Waals surface area contributed by atoms with Crippen molar-refractivity contribution >= 4 is 17.6 Å². The van der Waals surface area contributed by atoms with Crippen LogP contribution in [0, 0.1) is 0 Å². The SMILES string of the molecule is O=C(O)Cc1cccc(OCCCN(CCc2ccccc2)Cc2cccc(C(F)(F)F)c2Cl)c1. The average Bonchev–Trinajstić information content (AvgIpc) is 2.81. The smallest absolute Gasteiger partial charge is 0.417 e. The number of benzene rings is 3. The molecule has 0 aliphatic heterocycles. The molecule has 0 aliphatic carbocycles. The van der Waals surface area contributed by atoms with Gasteiger partial charge in [-0.3, -0.25) is 9.69 Å². The Labute approximate surface area is 207 Å². The third-order valence-electron chi connectivity index (χ3n) is 5.48. The van der Waals surface area contributed by atoms with E-state index in [1.165, 1.54) is 6.07 Å². The van der Waals surface area contributed by atoms with E-state index in [4.69, 9.17) is 21.4 Å². The third-order valence-corrected chi connectivity index (χ3v) is 5.93. The van der Waals surface area contributed by atoms with E-state index in [9.17, 15) is 18.0 Å². The van der Waals surface area contributed by atoms with Crippen molar-refractivity contribution in [3.05, 3.63) is 100 Å². The minimum Gasteiger partial charge on any atom is -0.494 e. The summed E-state index contributed by atoms with van der Waals surface area (Å²) in [5.41, 5.74) is 1.39. The number of hydrogen-bond donors (Lipinski definition) is 1. The summed E-state index contributed by atoms with van der Waals surface area (Å²) >= 11 is 6.13. The Hall–Kier alpha value is -3.03. The van der Waals surface area contributed by atoms with Gasteiger partial charge < -0.3 is 9.84 Å². The number of carbonyl (C=O) groups is 1. The highest BCUT2D eigenvalue weighted by molar-refractivity contribution is 6.32. The van der Waals surface area contributed by atoms with Crippen LogP contribution in [0.2, 0.25) is 5.02 Å². The summed E-state index contributed by atoms with van der Waals surface area (Å²) in [6.45, 7) is 1.90. The summed E-state index contributed by atoms with van der Waals surface area (Å²) in [6, 6.07) is 20.8. The molecule has 8 heteroatoms. The van der Waals surface area contributed by atoms with Crippen LogP contribution in [0.3, 0.4) is 0 Å². The predicted molar refractivity (Wildman–Crippen MR) is 130 cm³/mol. The fourth-order valence-corrected chi connectivity index (χ4v) is 4.05. The Morgan fingerprint density at radius 2 is 1.66 bits per heavy atom. The largest absolute Gasteiger partial charge is 0.494 e. The Kier molecular flexibility index (Phi) is 9.57. The van der Waals surface area contributed by atoms with Gasteiger partial charge in [-0.1, -0.05) is 66.2 Å². The summed E-state index contributed by atoms with van der Waals surface area (Å²) in [4.78, 5) is 13.0. The first-order valence-corrected chi connectivity index (χ1v) is 11.6. The van der Waals surface area contributed by atoms with Gasteiger partial charge in [-0.05, 0) is 47.7 Å². The van der Waals surface area contributed by atoms with Gasteiger partial charge in [0.15, 0.2) is 0 Å². The van der Waals surface area contributed by atoms with Crippen molar-refractivity contribution in [1.29, 1.82) is 0 Å². The highest BCUT2D eigenvalue weighted by atomic mass is 35.5. The van der Waals surface area contributed by atoms with Gasteiger partial charge in [-0.15, -0.1) is 0 Å². The van der Waals surface area contributed by atoms with E-state index in [2.05, 4.69) is 4.90 Å². The number of ether oxygens (including phenoxy) is 1. The summed E-state index contributed by atoms with van der Waals surface area (Å²) < 4.78 is 45.7. The van der Waals surface area contributed by atoms with Crippen LogP contribution in [-0.4, -0.2) is 35.7 Å². The number of aliphatic carboxylic acids is 1. The maximum absolute atomic E-state index is 13.3. The van der Waals surface area contributed by atoms with Crippen LogP contribution < -0.4 is 4.74 Å². The van der Waals surface area contributed by atoms with Crippen molar-refractivity contribution in [1.82, 2.24) is 4.90 Å².